The van der Waals surface area contributed by atoms with Gasteiger partial charge in [-0.1, -0.05) is 0 Å². The smallest absolute Gasteiger partial charge is 0.253 e. The van der Waals surface area contributed by atoms with Gasteiger partial charge in [-0.15, -0.1) is 0 Å². The average molecular weight is 315 g/mol. The predicted octanol–water partition coefficient (Wildman–Crippen LogP) is 3.03. The van der Waals surface area contributed by atoms with Crippen molar-refractivity contribution in [2.75, 3.05) is 26.2 Å². The summed E-state index contributed by atoms with van der Waals surface area (Å²) in [5.41, 5.74) is 2.64. The Bertz CT molecular complexity index is 537. The van der Waals surface area contributed by atoms with E-state index < -0.39 is 0 Å². The average Bonchev–Trinajstić information content (AvgIpc) is 3.07. The summed E-state index contributed by atoms with van der Waals surface area (Å²) < 4.78 is 0. The summed E-state index contributed by atoms with van der Waals surface area (Å²) in [6.45, 7) is 10.6. The maximum atomic E-state index is 12.7. The van der Waals surface area contributed by atoms with Crippen molar-refractivity contribution in [3.05, 3.63) is 29.1 Å². The van der Waals surface area contributed by atoms with Crippen molar-refractivity contribution in [3.63, 3.8) is 0 Å². The minimum atomic E-state index is 0.172. The van der Waals surface area contributed by atoms with Crippen molar-refractivity contribution in [2.45, 2.75) is 52.5 Å². The monoisotopic (exact) mass is 315 g/mol. The summed E-state index contributed by atoms with van der Waals surface area (Å²) in [4.78, 5) is 21.8. The number of rotatable bonds is 3. The van der Waals surface area contributed by atoms with Crippen molar-refractivity contribution < 1.29 is 4.79 Å². The van der Waals surface area contributed by atoms with Crippen LogP contribution >= 0.6 is 0 Å². The molecular weight excluding hydrogens is 286 g/mol. The molecule has 1 aromatic heterocycles. The van der Waals surface area contributed by atoms with Crippen molar-refractivity contribution in [1.82, 2.24) is 14.8 Å². The molecule has 0 aromatic carbocycles. The molecule has 3 heterocycles. The van der Waals surface area contributed by atoms with Gasteiger partial charge in [-0.2, -0.15) is 0 Å². The van der Waals surface area contributed by atoms with E-state index in [1.165, 1.54) is 25.9 Å². The number of aryl methyl sites for hydroxylation is 2. The molecule has 1 aromatic rings. The van der Waals surface area contributed by atoms with Gasteiger partial charge < -0.3 is 9.80 Å². The first-order chi connectivity index (χ1) is 11.0. The summed E-state index contributed by atoms with van der Waals surface area (Å²) >= 11 is 0. The van der Waals surface area contributed by atoms with E-state index in [4.69, 9.17) is 0 Å². The maximum absolute atomic E-state index is 12.7. The third-order valence-electron chi connectivity index (χ3n) is 5.55. The summed E-state index contributed by atoms with van der Waals surface area (Å²) in [6.07, 6.45) is 4.96. The minimum absolute atomic E-state index is 0.172. The van der Waals surface area contributed by atoms with Crippen LogP contribution in [0.15, 0.2) is 12.1 Å². The lowest BCUT2D eigenvalue weighted by molar-refractivity contribution is 0.0624. The molecule has 0 aliphatic carbocycles. The van der Waals surface area contributed by atoms with Crippen LogP contribution in [0.3, 0.4) is 0 Å². The number of nitrogens with zero attached hydrogens (tertiary/aromatic N) is 3. The molecule has 2 saturated heterocycles. The molecule has 3 rings (SSSR count). The summed E-state index contributed by atoms with van der Waals surface area (Å²) in [5, 5.41) is 0. The maximum Gasteiger partial charge on any atom is 0.253 e. The van der Waals surface area contributed by atoms with Gasteiger partial charge in [-0.05, 0) is 77.6 Å². The Morgan fingerprint density at radius 1 is 1.09 bits per heavy atom. The number of likely N-dealkylation sites (tertiary alicyclic amines) is 2. The third-order valence-corrected chi connectivity index (χ3v) is 5.55. The summed E-state index contributed by atoms with van der Waals surface area (Å²) in [5.74, 6) is 0.906. The molecule has 0 bridgehead atoms. The van der Waals surface area contributed by atoms with Crippen molar-refractivity contribution >= 4 is 5.91 Å². The molecule has 4 nitrogen and oxygen atoms in total. The molecule has 126 valence electrons. The fourth-order valence-corrected chi connectivity index (χ4v) is 4.17. The van der Waals surface area contributed by atoms with E-state index in [1.54, 1.807) is 0 Å². The van der Waals surface area contributed by atoms with Crippen molar-refractivity contribution in [3.8, 4) is 0 Å². The molecule has 0 spiro atoms. The van der Waals surface area contributed by atoms with E-state index in [0.29, 0.717) is 6.04 Å². The Morgan fingerprint density at radius 3 is 2.22 bits per heavy atom. The lowest BCUT2D eigenvalue weighted by Crippen LogP contribution is -2.45. The highest BCUT2D eigenvalue weighted by molar-refractivity contribution is 5.94. The molecule has 2 fully saturated rings. The molecule has 0 radical (unpaired) electrons. The van der Waals surface area contributed by atoms with Gasteiger partial charge in [0.2, 0.25) is 0 Å². The highest BCUT2D eigenvalue weighted by Crippen LogP contribution is 2.27. The SMILES string of the molecule is Cc1cc(C(=O)N2CCC([C@H](C)N3CCCC3)CC2)cc(C)n1. The second-order valence-corrected chi connectivity index (χ2v) is 7.25. The van der Waals surface area contributed by atoms with E-state index in [1.807, 2.05) is 30.9 Å². The highest BCUT2D eigenvalue weighted by Gasteiger charge is 2.30. The number of aromatic nitrogens is 1. The zero-order chi connectivity index (χ0) is 16.4. The Balaban J connectivity index is 1.58. The Hall–Kier alpha value is -1.42. The standard InChI is InChI=1S/C19H29N3O/c1-14-12-18(13-15(2)20-14)19(23)22-10-6-17(7-11-22)16(3)21-8-4-5-9-21/h12-13,16-17H,4-11H2,1-3H3/t16-/m0/s1. The number of piperidine rings is 1. The lowest BCUT2D eigenvalue weighted by atomic mass is 9.89. The van der Waals surface area contributed by atoms with Gasteiger partial charge in [-0.25, -0.2) is 0 Å². The van der Waals surface area contributed by atoms with Gasteiger partial charge in [0.1, 0.15) is 0 Å². The van der Waals surface area contributed by atoms with Gasteiger partial charge in [0.05, 0.1) is 0 Å². The van der Waals surface area contributed by atoms with Crippen LogP contribution in [-0.4, -0.2) is 52.9 Å². The van der Waals surface area contributed by atoms with Crippen LogP contribution < -0.4 is 0 Å². The Morgan fingerprint density at radius 2 is 1.65 bits per heavy atom. The fourth-order valence-electron chi connectivity index (χ4n) is 4.17. The minimum Gasteiger partial charge on any atom is -0.339 e. The van der Waals surface area contributed by atoms with Crippen LogP contribution in [0.5, 0.6) is 0 Å². The van der Waals surface area contributed by atoms with Gasteiger partial charge in [-0.3, -0.25) is 9.78 Å². The number of amides is 1. The quantitative estimate of drug-likeness (QED) is 0.860. The fraction of sp³-hybridized carbons (Fsp3) is 0.684. The van der Waals surface area contributed by atoms with E-state index >= 15 is 0 Å². The predicted molar refractivity (Wildman–Crippen MR) is 92.6 cm³/mol. The number of hydrogen-bond donors (Lipinski definition) is 0. The normalized spacial score (nSPS) is 21.6. The molecule has 2 aliphatic rings. The first-order valence-corrected chi connectivity index (χ1v) is 9.03. The molecular formula is C19H29N3O. The van der Waals surface area contributed by atoms with E-state index in [9.17, 15) is 4.79 Å². The Labute approximate surface area is 139 Å². The van der Waals surface area contributed by atoms with Crippen LogP contribution in [0, 0.1) is 19.8 Å². The van der Waals surface area contributed by atoms with Gasteiger partial charge in [0.25, 0.3) is 5.91 Å². The largest absolute Gasteiger partial charge is 0.339 e. The second-order valence-electron chi connectivity index (χ2n) is 7.25. The molecule has 23 heavy (non-hydrogen) atoms. The molecule has 1 atom stereocenters. The molecule has 0 unspecified atom stereocenters. The summed E-state index contributed by atoms with van der Waals surface area (Å²) in [6, 6.07) is 4.49. The lowest BCUT2D eigenvalue weighted by Gasteiger charge is -2.38. The van der Waals surface area contributed by atoms with Crippen molar-refractivity contribution in [2.24, 2.45) is 5.92 Å². The zero-order valence-electron chi connectivity index (χ0n) is 14.7. The Kier molecular flexibility index (Phi) is 5.00. The topological polar surface area (TPSA) is 36.4 Å². The summed E-state index contributed by atoms with van der Waals surface area (Å²) in [7, 11) is 0. The van der Waals surface area contributed by atoms with Crippen molar-refractivity contribution in [1.29, 1.82) is 0 Å². The molecule has 4 heteroatoms. The van der Waals surface area contributed by atoms with E-state index in [2.05, 4.69) is 16.8 Å². The van der Waals surface area contributed by atoms with Gasteiger partial charge >= 0.3 is 0 Å². The number of carbonyl (C=O) groups excluding carboxylic acids is 1. The molecule has 1 amide bonds. The van der Waals surface area contributed by atoms with Crippen LogP contribution in [0.25, 0.3) is 0 Å². The number of pyridine rings is 1. The van der Waals surface area contributed by atoms with E-state index in [0.717, 1.165) is 48.8 Å². The van der Waals surface area contributed by atoms with Crippen LogP contribution in [0.1, 0.15) is 54.4 Å². The zero-order valence-corrected chi connectivity index (χ0v) is 14.7. The third kappa shape index (κ3) is 3.74. The number of hydrogen-bond acceptors (Lipinski definition) is 3. The van der Waals surface area contributed by atoms with Crippen LogP contribution in [0.4, 0.5) is 0 Å². The molecule has 2 aliphatic heterocycles. The number of carbonyl (C=O) groups is 1. The van der Waals surface area contributed by atoms with Gasteiger partial charge in [0, 0.05) is 36.1 Å². The second kappa shape index (κ2) is 7.00. The van der Waals surface area contributed by atoms with E-state index in [-0.39, 0.29) is 5.91 Å². The molecule has 0 N–H and O–H groups in total. The van der Waals surface area contributed by atoms with Crippen LogP contribution in [0.2, 0.25) is 0 Å². The molecule has 0 saturated carbocycles. The highest BCUT2D eigenvalue weighted by atomic mass is 16.2. The first kappa shape index (κ1) is 16.4. The van der Waals surface area contributed by atoms with Gasteiger partial charge in [0.15, 0.2) is 0 Å². The first-order valence-electron chi connectivity index (χ1n) is 9.03. The van der Waals surface area contributed by atoms with Crippen LogP contribution in [-0.2, 0) is 0 Å².